The highest BCUT2D eigenvalue weighted by atomic mass is 32.1. The second-order valence-electron chi connectivity index (χ2n) is 7.55. The van der Waals surface area contributed by atoms with Crippen molar-refractivity contribution in [2.45, 2.75) is 20.0 Å². The summed E-state index contributed by atoms with van der Waals surface area (Å²) in [6.45, 7) is 4.82. The van der Waals surface area contributed by atoms with Crippen LogP contribution in [0.2, 0.25) is 0 Å². The van der Waals surface area contributed by atoms with E-state index < -0.39 is 0 Å². The first-order valence-electron chi connectivity index (χ1n) is 10.9. The van der Waals surface area contributed by atoms with Crippen molar-refractivity contribution in [2.24, 2.45) is 0 Å². The van der Waals surface area contributed by atoms with Crippen LogP contribution in [0.5, 0.6) is 11.5 Å². The maximum absolute atomic E-state index is 13.4. The number of hydrogen-bond acceptors (Lipinski definition) is 7. The molecule has 0 saturated carbocycles. The van der Waals surface area contributed by atoms with Gasteiger partial charge in [-0.2, -0.15) is 0 Å². The Hall–Kier alpha value is -2.88. The monoisotopic (exact) mass is 485 g/mol. The van der Waals surface area contributed by atoms with Gasteiger partial charge in [-0.1, -0.05) is 19.1 Å². The summed E-state index contributed by atoms with van der Waals surface area (Å²) in [6.07, 6.45) is 0. The predicted molar refractivity (Wildman–Crippen MR) is 131 cm³/mol. The minimum absolute atomic E-state index is 0.0759. The Morgan fingerprint density at radius 2 is 1.70 bits per heavy atom. The minimum Gasteiger partial charge on any atom is -0.486 e. The Bertz CT molecular complexity index is 1050. The third-order valence-electron chi connectivity index (χ3n) is 5.25. The minimum atomic E-state index is -0.0952. The lowest BCUT2D eigenvalue weighted by Crippen LogP contribution is -2.44. The van der Waals surface area contributed by atoms with E-state index in [1.165, 1.54) is 0 Å². The Kier molecular flexibility index (Phi) is 7.98. The van der Waals surface area contributed by atoms with Crippen LogP contribution in [0.1, 0.15) is 16.7 Å². The predicted octanol–water partition coefficient (Wildman–Crippen LogP) is 3.75. The maximum atomic E-state index is 13.4. The second kappa shape index (κ2) is 11.3. The van der Waals surface area contributed by atoms with Gasteiger partial charge in [-0.25, -0.2) is 0 Å². The molecule has 9 heteroatoms. The maximum Gasteiger partial charge on any atom is 0.241 e. The number of amides is 2. The van der Waals surface area contributed by atoms with Gasteiger partial charge < -0.3 is 19.7 Å². The fraction of sp³-hybridized carbons (Fsp3) is 0.333. The summed E-state index contributed by atoms with van der Waals surface area (Å²) in [5.41, 5.74) is 0.746. The smallest absolute Gasteiger partial charge is 0.241 e. The molecule has 174 valence electrons. The average molecular weight is 486 g/mol. The molecule has 0 spiro atoms. The highest BCUT2D eigenvalue weighted by Crippen LogP contribution is 2.34. The number of hydrogen-bond donors (Lipinski definition) is 1. The van der Waals surface area contributed by atoms with Crippen LogP contribution in [0.3, 0.4) is 0 Å². The molecule has 3 heterocycles. The van der Waals surface area contributed by atoms with Gasteiger partial charge in [0, 0.05) is 21.5 Å². The van der Waals surface area contributed by atoms with Gasteiger partial charge in [0.2, 0.25) is 11.8 Å². The number of carbonyl (C=O) groups excluding carboxylic acids is 2. The van der Waals surface area contributed by atoms with E-state index in [0.29, 0.717) is 44.3 Å². The summed E-state index contributed by atoms with van der Waals surface area (Å²) in [4.78, 5) is 31.6. The molecular formula is C24H27N3O4S2. The van der Waals surface area contributed by atoms with Crippen LogP contribution in [0.15, 0.2) is 53.2 Å². The van der Waals surface area contributed by atoms with Gasteiger partial charge in [0.05, 0.1) is 26.2 Å². The highest BCUT2D eigenvalue weighted by molar-refractivity contribution is 7.10. The lowest BCUT2D eigenvalue weighted by Gasteiger charge is -2.28. The number of rotatable bonds is 10. The number of thiophene rings is 2. The molecule has 0 atom stereocenters. The number of nitrogens with zero attached hydrogens (tertiary/aromatic N) is 2. The molecular weight excluding hydrogens is 458 g/mol. The Morgan fingerprint density at radius 3 is 2.39 bits per heavy atom. The van der Waals surface area contributed by atoms with Gasteiger partial charge >= 0.3 is 0 Å². The summed E-state index contributed by atoms with van der Waals surface area (Å²) in [7, 11) is 0. The Morgan fingerprint density at radius 1 is 0.970 bits per heavy atom. The van der Waals surface area contributed by atoms with Crippen LogP contribution in [0.4, 0.5) is 5.69 Å². The van der Waals surface area contributed by atoms with Crippen LogP contribution < -0.4 is 19.7 Å². The molecule has 2 amide bonds. The molecule has 1 aromatic carbocycles. The lowest BCUT2D eigenvalue weighted by molar-refractivity contribution is -0.124. The average Bonchev–Trinajstić information content (AvgIpc) is 3.54. The molecule has 1 aliphatic rings. The number of carbonyl (C=O) groups is 2. The van der Waals surface area contributed by atoms with Gasteiger partial charge in [0.25, 0.3) is 0 Å². The van der Waals surface area contributed by atoms with Crippen molar-refractivity contribution in [3.8, 4) is 11.5 Å². The third-order valence-corrected chi connectivity index (χ3v) is 6.98. The molecule has 0 saturated heterocycles. The summed E-state index contributed by atoms with van der Waals surface area (Å²) in [5, 5.41) is 6.91. The van der Waals surface area contributed by atoms with Gasteiger partial charge in [0.1, 0.15) is 13.2 Å². The van der Waals surface area contributed by atoms with E-state index in [1.54, 1.807) is 27.6 Å². The van der Waals surface area contributed by atoms with Gasteiger partial charge in [-0.3, -0.25) is 14.5 Å². The van der Waals surface area contributed by atoms with E-state index in [-0.39, 0.29) is 24.9 Å². The molecule has 33 heavy (non-hydrogen) atoms. The molecule has 0 radical (unpaired) electrons. The van der Waals surface area contributed by atoms with Crippen molar-refractivity contribution in [3.63, 3.8) is 0 Å². The van der Waals surface area contributed by atoms with Crippen LogP contribution in [0.25, 0.3) is 0 Å². The first kappa shape index (κ1) is 23.3. The Labute approximate surface area is 201 Å². The van der Waals surface area contributed by atoms with Crippen molar-refractivity contribution < 1.29 is 19.1 Å². The second-order valence-corrected chi connectivity index (χ2v) is 9.61. The van der Waals surface area contributed by atoms with Crippen molar-refractivity contribution >= 4 is 40.2 Å². The van der Waals surface area contributed by atoms with E-state index in [1.807, 2.05) is 65.0 Å². The van der Waals surface area contributed by atoms with E-state index in [9.17, 15) is 9.59 Å². The molecule has 0 fully saturated rings. The molecule has 0 bridgehead atoms. The van der Waals surface area contributed by atoms with Crippen LogP contribution >= 0.6 is 22.7 Å². The number of anilines is 1. The fourth-order valence-corrected chi connectivity index (χ4v) is 4.83. The SMILES string of the molecule is CCN(CC(=O)NCc1cccs1)CC(=O)N(Cc1cccs1)c1ccc2c(c1)OCCO2. The summed E-state index contributed by atoms with van der Waals surface area (Å²) >= 11 is 3.21. The van der Waals surface area contributed by atoms with Crippen molar-refractivity contribution in [1.29, 1.82) is 0 Å². The van der Waals surface area contributed by atoms with E-state index >= 15 is 0 Å². The quantitative estimate of drug-likeness (QED) is 0.474. The van der Waals surface area contributed by atoms with Crippen molar-refractivity contribution in [1.82, 2.24) is 10.2 Å². The molecule has 1 N–H and O–H groups in total. The zero-order valence-electron chi connectivity index (χ0n) is 18.5. The molecule has 7 nitrogen and oxygen atoms in total. The van der Waals surface area contributed by atoms with Crippen LogP contribution in [0, 0.1) is 0 Å². The zero-order chi connectivity index (χ0) is 23.0. The first-order valence-corrected chi connectivity index (χ1v) is 12.6. The van der Waals surface area contributed by atoms with Crippen LogP contribution in [-0.4, -0.2) is 49.6 Å². The number of nitrogens with one attached hydrogen (secondary N) is 1. The topological polar surface area (TPSA) is 71.1 Å². The van der Waals surface area contributed by atoms with E-state index in [0.717, 1.165) is 15.4 Å². The molecule has 1 aliphatic heterocycles. The number of benzene rings is 1. The normalized spacial score (nSPS) is 12.5. The third kappa shape index (κ3) is 6.34. The lowest BCUT2D eigenvalue weighted by atomic mass is 10.2. The molecule has 2 aromatic heterocycles. The summed E-state index contributed by atoms with van der Waals surface area (Å²) in [6, 6.07) is 13.5. The van der Waals surface area contributed by atoms with Gasteiger partial charge in [0.15, 0.2) is 11.5 Å². The molecule has 3 aromatic rings. The summed E-state index contributed by atoms with van der Waals surface area (Å²) < 4.78 is 11.3. The fourth-order valence-electron chi connectivity index (χ4n) is 3.50. The standard InChI is InChI=1S/C24H27N3O4S2/c1-2-26(16-23(28)25-14-19-5-3-11-32-19)17-24(29)27(15-20-6-4-12-33-20)18-7-8-21-22(13-18)31-10-9-30-21/h3-8,11-13H,2,9-10,14-17H2,1H3,(H,25,28). The molecule has 0 aliphatic carbocycles. The first-order chi connectivity index (χ1) is 16.1. The van der Waals surface area contributed by atoms with E-state index in [4.69, 9.17) is 9.47 Å². The van der Waals surface area contributed by atoms with Crippen LogP contribution in [-0.2, 0) is 22.7 Å². The number of likely N-dealkylation sites (N-methyl/N-ethyl adjacent to an activating group) is 1. The van der Waals surface area contributed by atoms with E-state index in [2.05, 4.69) is 5.32 Å². The number of fused-ring (bicyclic) bond motifs is 1. The van der Waals surface area contributed by atoms with Gasteiger partial charge in [-0.05, 0) is 41.6 Å². The number of ether oxygens (including phenoxy) is 2. The highest BCUT2D eigenvalue weighted by Gasteiger charge is 2.23. The summed E-state index contributed by atoms with van der Waals surface area (Å²) in [5.74, 6) is 1.16. The zero-order valence-corrected chi connectivity index (χ0v) is 20.1. The molecule has 0 unspecified atom stereocenters. The van der Waals surface area contributed by atoms with Crippen molar-refractivity contribution in [3.05, 3.63) is 63.0 Å². The largest absolute Gasteiger partial charge is 0.486 e. The van der Waals surface area contributed by atoms with Crippen molar-refractivity contribution in [2.75, 3.05) is 37.7 Å². The van der Waals surface area contributed by atoms with Gasteiger partial charge in [-0.15, -0.1) is 22.7 Å². The Balaban J connectivity index is 1.44. The molecule has 4 rings (SSSR count).